The van der Waals surface area contributed by atoms with Crippen molar-refractivity contribution in [2.45, 2.75) is 13.0 Å². The molecule has 174 valence electrons. The highest BCUT2D eigenvalue weighted by molar-refractivity contribution is 7.22. The zero-order valence-corrected chi connectivity index (χ0v) is 19.7. The molecule has 0 radical (unpaired) electrons. The lowest BCUT2D eigenvalue weighted by atomic mass is 10.1. The van der Waals surface area contributed by atoms with Gasteiger partial charge in [0.05, 0.1) is 42.0 Å². The van der Waals surface area contributed by atoms with E-state index in [0.29, 0.717) is 26.7 Å². The maximum absolute atomic E-state index is 14.1. The lowest BCUT2D eigenvalue weighted by Gasteiger charge is -2.12. The second-order valence-electron chi connectivity index (χ2n) is 7.53. The Morgan fingerprint density at radius 1 is 1.20 bits per heavy atom. The number of rotatable bonds is 5. The van der Waals surface area contributed by atoms with Gasteiger partial charge in [0.25, 0.3) is 5.56 Å². The molecule has 0 aliphatic rings. The quantitative estimate of drug-likeness (QED) is 0.346. The third-order valence-corrected chi connectivity index (χ3v) is 7.02. The van der Waals surface area contributed by atoms with Gasteiger partial charge in [0.1, 0.15) is 4.70 Å². The lowest BCUT2D eigenvalue weighted by Crippen LogP contribution is -2.38. The third-order valence-electron chi connectivity index (χ3n) is 5.56. The van der Waals surface area contributed by atoms with Crippen LogP contribution in [0.15, 0.2) is 58.6 Å². The number of hydrogen-bond acceptors (Lipinski definition) is 7. The van der Waals surface area contributed by atoms with Crippen LogP contribution in [0, 0.1) is 17.1 Å². The second-order valence-corrected chi connectivity index (χ2v) is 8.99. The van der Waals surface area contributed by atoms with Crippen molar-refractivity contribution in [1.82, 2.24) is 19.1 Å². The average Bonchev–Trinajstić information content (AvgIpc) is 3.29. The van der Waals surface area contributed by atoms with E-state index < -0.39 is 17.1 Å². The first-order chi connectivity index (χ1) is 16.9. The van der Waals surface area contributed by atoms with Crippen LogP contribution in [-0.2, 0) is 6.54 Å². The maximum Gasteiger partial charge on any atom is 0.336 e. The number of aryl methyl sites for hydroxylation is 1. The van der Waals surface area contributed by atoms with Gasteiger partial charge in [-0.3, -0.25) is 19.3 Å². The number of nitriles is 1. The largest absolute Gasteiger partial charge is 0.494 e. The molecular formula is C24H15ClFN5O3S. The number of hydrogen-bond donors (Lipinski definition) is 0. The van der Waals surface area contributed by atoms with E-state index in [1.807, 2.05) is 6.07 Å². The molecule has 4 aromatic heterocycles. The minimum atomic E-state index is -0.618. The van der Waals surface area contributed by atoms with Crippen LogP contribution < -0.4 is 16.0 Å². The van der Waals surface area contributed by atoms with Gasteiger partial charge in [-0.1, -0.05) is 11.6 Å². The molecule has 0 unspecified atom stereocenters. The molecule has 0 atom stereocenters. The molecule has 1 aromatic carbocycles. The van der Waals surface area contributed by atoms with Crippen molar-refractivity contribution in [1.29, 1.82) is 5.26 Å². The molecule has 0 saturated heterocycles. The van der Waals surface area contributed by atoms with Crippen molar-refractivity contribution in [3.8, 4) is 27.9 Å². The molecule has 0 aliphatic heterocycles. The Bertz CT molecular complexity index is 1780. The predicted octanol–water partition coefficient (Wildman–Crippen LogP) is 4.54. The fourth-order valence-electron chi connectivity index (χ4n) is 3.91. The van der Waals surface area contributed by atoms with Gasteiger partial charge in [-0.2, -0.15) is 5.26 Å². The first-order valence-electron chi connectivity index (χ1n) is 10.3. The number of aromatic nitrogens is 4. The van der Waals surface area contributed by atoms with E-state index in [2.05, 4.69) is 9.97 Å². The summed E-state index contributed by atoms with van der Waals surface area (Å²) in [5.74, 6) is -0.622. The molecule has 4 heterocycles. The zero-order valence-electron chi connectivity index (χ0n) is 18.2. The van der Waals surface area contributed by atoms with Crippen LogP contribution in [0.5, 0.6) is 5.75 Å². The fourth-order valence-corrected chi connectivity index (χ4v) is 5.34. The van der Waals surface area contributed by atoms with E-state index in [-0.39, 0.29) is 34.1 Å². The SMILES string of the molecule is COc1cc(-c2cc3c(s2)c(=O)n(-c2cncc4ccncc24)c(=O)n3CCC#N)c(Cl)cc1F. The number of methoxy groups -OCH3 is 1. The van der Waals surface area contributed by atoms with Crippen LogP contribution in [0.3, 0.4) is 0 Å². The molecule has 0 fully saturated rings. The van der Waals surface area contributed by atoms with Crippen molar-refractivity contribution < 1.29 is 9.13 Å². The average molecular weight is 508 g/mol. The summed E-state index contributed by atoms with van der Waals surface area (Å²) in [6.45, 7) is 0.0687. The van der Waals surface area contributed by atoms with Gasteiger partial charge < -0.3 is 4.74 Å². The lowest BCUT2D eigenvalue weighted by molar-refractivity contribution is 0.387. The van der Waals surface area contributed by atoms with Gasteiger partial charge in [-0.15, -0.1) is 11.3 Å². The van der Waals surface area contributed by atoms with Gasteiger partial charge in [0.2, 0.25) is 0 Å². The monoisotopic (exact) mass is 507 g/mol. The van der Waals surface area contributed by atoms with Crippen molar-refractivity contribution in [3.63, 3.8) is 0 Å². The predicted molar refractivity (Wildman–Crippen MR) is 132 cm³/mol. The van der Waals surface area contributed by atoms with Crippen molar-refractivity contribution >= 4 is 43.9 Å². The Balaban J connectivity index is 1.85. The van der Waals surface area contributed by atoms with Crippen LogP contribution in [0.4, 0.5) is 4.39 Å². The highest BCUT2D eigenvalue weighted by Gasteiger charge is 2.21. The highest BCUT2D eigenvalue weighted by atomic mass is 35.5. The van der Waals surface area contributed by atoms with Gasteiger partial charge in [-0.25, -0.2) is 13.8 Å². The molecule has 0 spiro atoms. The Morgan fingerprint density at radius 2 is 2.03 bits per heavy atom. The van der Waals surface area contributed by atoms with Crippen molar-refractivity contribution in [2.75, 3.05) is 7.11 Å². The first-order valence-corrected chi connectivity index (χ1v) is 11.5. The molecule has 0 bridgehead atoms. The Morgan fingerprint density at radius 3 is 2.80 bits per heavy atom. The number of ether oxygens (including phenoxy) is 1. The topological polar surface area (TPSA) is 103 Å². The molecule has 11 heteroatoms. The summed E-state index contributed by atoms with van der Waals surface area (Å²) >= 11 is 7.42. The smallest absolute Gasteiger partial charge is 0.336 e. The highest BCUT2D eigenvalue weighted by Crippen LogP contribution is 2.39. The summed E-state index contributed by atoms with van der Waals surface area (Å²) in [5, 5.41) is 10.6. The number of fused-ring (bicyclic) bond motifs is 2. The molecule has 5 rings (SSSR count). The fraction of sp³-hybridized carbons (Fsp3) is 0.125. The molecule has 0 saturated carbocycles. The first kappa shape index (κ1) is 22.7. The maximum atomic E-state index is 14.1. The number of pyridine rings is 2. The Hall–Kier alpha value is -4.07. The summed E-state index contributed by atoms with van der Waals surface area (Å²) in [6, 6.07) is 7.99. The standard InChI is InChI=1S/C24H15ClFN5O3S/c1-34-20-7-14(16(25)8-17(20)26)21-9-18-22(35-21)23(32)31(24(33)30(18)6-2-4-27)19-12-29-10-13-3-5-28-11-15(13)19/h3,5,7-12H,2,6H2,1H3. The van der Waals surface area contributed by atoms with Crippen LogP contribution in [0.25, 0.3) is 37.1 Å². The summed E-state index contributed by atoms with van der Waals surface area (Å²) in [7, 11) is 1.34. The molecule has 5 aromatic rings. The summed E-state index contributed by atoms with van der Waals surface area (Å²) in [4.78, 5) is 36.1. The Kier molecular flexibility index (Phi) is 5.80. The normalized spacial score (nSPS) is 11.1. The van der Waals surface area contributed by atoms with E-state index in [4.69, 9.17) is 21.6 Å². The minimum Gasteiger partial charge on any atom is -0.494 e. The third kappa shape index (κ3) is 3.75. The van der Waals surface area contributed by atoms with Crippen molar-refractivity contribution in [3.05, 3.63) is 80.7 Å². The van der Waals surface area contributed by atoms with E-state index in [1.165, 1.54) is 23.9 Å². The summed E-state index contributed by atoms with van der Waals surface area (Å²) in [6.07, 6.45) is 6.26. The van der Waals surface area contributed by atoms with Gasteiger partial charge in [0, 0.05) is 46.3 Å². The number of thiophene rings is 1. The van der Waals surface area contributed by atoms with Gasteiger partial charge in [-0.05, 0) is 24.3 Å². The van der Waals surface area contributed by atoms with Crippen LogP contribution >= 0.6 is 22.9 Å². The minimum absolute atomic E-state index is 0.00420. The van der Waals surface area contributed by atoms with Crippen LogP contribution in [0.1, 0.15) is 6.42 Å². The van der Waals surface area contributed by atoms with E-state index >= 15 is 0 Å². The molecule has 8 nitrogen and oxygen atoms in total. The molecular weight excluding hydrogens is 493 g/mol. The Labute approximate surface area is 206 Å². The summed E-state index contributed by atoms with van der Waals surface area (Å²) < 4.78 is 21.9. The molecule has 35 heavy (non-hydrogen) atoms. The molecule has 0 aliphatic carbocycles. The van der Waals surface area contributed by atoms with Crippen LogP contribution in [-0.4, -0.2) is 26.2 Å². The van der Waals surface area contributed by atoms with E-state index in [0.717, 1.165) is 22.0 Å². The number of halogens is 2. The number of benzene rings is 1. The second kappa shape index (κ2) is 8.94. The molecule has 0 amide bonds. The zero-order chi connectivity index (χ0) is 24.7. The summed E-state index contributed by atoms with van der Waals surface area (Å²) in [5.41, 5.74) is -0.0555. The van der Waals surface area contributed by atoms with Gasteiger partial charge >= 0.3 is 5.69 Å². The van der Waals surface area contributed by atoms with E-state index in [9.17, 15) is 14.0 Å². The van der Waals surface area contributed by atoms with Gasteiger partial charge in [0.15, 0.2) is 11.6 Å². The number of nitrogens with zero attached hydrogens (tertiary/aromatic N) is 5. The van der Waals surface area contributed by atoms with E-state index in [1.54, 1.807) is 30.7 Å². The molecule has 0 N–H and O–H groups in total. The van der Waals surface area contributed by atoms with Crippen LogP contribution in [0.2, 0.25) is 5.02 Å². The van der Waals surface area contributed by atoms with Crippen molar-refractivity contribution in [2.24, 2.45) is 0 Å².